The van der Waals surface area contributed by atoms with E-state index in [0.29, 0.717) is 24.4 Å². The van der Waals surface area contributed by atoms with Crippen molar-refractivity contribution in [3.05, 3.63) is 71.5 Å². The molecule has 0 saturated carbocycles. The Morgan fingerprint density at radius 1 is 1.08 bits per heavy atom. The predicted octanol–water partition coefficient (Wildman–Crippen LogP) is 6.47. The molecule has 3 aromatic rings. The summed E-state index contributed by atoms with van der Waals surface area (Å²) in [4.78, 5) is 23.3. The third-order valence-corrected chi connectivity index (χ3v) is 5.97. The smallest absolute Gasteiger partial charge is 0.378 e. The van der Waals surface area contributed by atoms with E-state index in [1.54, 1.807) is 25.3 Å². The summed E-state index contributed by atoms with van der Waals surface area (Å²) in [5.74, 6) is -0.269. The highest BCUT2D eigenvalue weighted by atomic mass is 19.4. The quantitative estimate of drug-likeness (QED) is 0.396. The van der Waals surface area contributed by atoms with E-state index >= 15 is 0 Å². The van der Waals surface area contributed by atoms with Crippen LogP contribution in [0.3, 0.4) is 0 Å². The van der Waals surface area contributed by atoms with Crippen LogP contribution in [-0.4, -0.2) is 37.3 Å². The Morgan fingerprint density at radius 3 is 2.51 bits per heavy atom. The van der Waals surface area contributed by atoms with Crippen LogP contribution in [0, 0.1) is 5.92 Å². The number of carbonyl (C=O) groups is 1. The molecule has 0 unspecified atom stereocenters. The van der Waals surface area contributed by atoms with Crippen LogP contribution in [0.15, 0.2) is 59.7 Å². The minimum Gasteiger partial charge on any atom is -0.378 e. The second kappa shape index (κ2) is 10.7. The Bertz CT molecular complexity index is 1340. The number of methoxy groups -OCH3 is 1. The fourth-order valence-electron chi connectivity index (χ4n) is 4.42. The number of rotatable bonds is 7. The van der Waals surface area contributed by atoms with Crippen LogP contribution in [0.1, 0.15) is 37.1 Å². The van der Waals surface area contributed by atoms with E-state index in [1.165, 1.54) is 6.07 Å². The van der Waals surface area contributed by atoms with E-state index in [9.17, 15) is 18.0 Å². The van der Waals surface area contributed by atoms with E-state index in [-0.39, 0.29) is 29.4 Å². The maximum atomic E-state index is 14.0. The molecule has 6 nitrogen and oxygen atoms in total. The molecule has 194 valence electrons. The van der Waals surface area contributed by atoms with Crippen LogP contribution in [-0.2, 0) is 22.3 Å². The highest BCUT2D eigenvalue weighted by Gasteiger charge is 2.36. The molecule has 0 fully saturated rings. The molecule has 0 aliphatic carbocycles. The fourth-order valence-corrected chi connectivity index (χ4v) is 4.42. The number of anilines is 2. The van der Waals surface area contributed by atoms with Crippen LogP contribution in [0.2, 0.25) is 0 Å². The zero-order valence-electron chi connectivity index (χ0n) is 21.2. The van der Waals surface area contributed by atoms with Crippen molar-refractivity contribution in [1.82, 2.24) is 4.98 Å². The molecule has 2 heterocycles. The molecule has 37 heavy (non-hydrogen) atoms. The number of nitrogens with zero attached hydrogens (tertiary/aromatic N) is 3. The minimum absolute atomic E-state index is 0.0235. The number of ether oxygens (including phenoxy) is 1. The van der Waals surface area contributed by atoms with Gasteiger partial charge >= 0.3 is 6.18 Å². The second-order valence-electron chi connectivity index (χ2n) is 9.49. The summed E-state index contributed by atoms with van der Waals surface area (Å²) < 4.78 is 47.0. The molecule has 2 aromatic carbocycles. The van der Waals surface area contributed by atoms with E-state index < -0.39 is 17.6 Å². The Labute approximate surface area is 214 Å². The number of alkyl halides is 3. The molecule has 9 heteroatoms. The lowest BCUT2D eigenvalue weighted by Gasteiger charge is -2.26. The van der Waals surface area contributed by atoms with Crippen molar-refractivity contribution in [3.8, 4) is 11.1 Å². The number of halogens is 3. The number of amides is 1. The van der Waals surface area contributed by atoms with E-state index in [2.05, 4.69) is 10.3 Å². The number of aliphatic imine (C=N–C) groups is 1. The van der Waals surface area contributed by atoms with Gasteiger partial charge in [0.25, 0.3) is 0 Å². The lowest BCUT2D eigenvalue weighted by atomic mass is 9.99. The summed E-state index contributed by atoms with van der Waals surface area (Å²) in [6.45, 7) is 4.70. The zero-order chi connectivity index (χ0) is 26.7. The number of benzene rings is 2. The van der Waals surface area contributed by atoms with E-state index in [0.717, 1.165) is 22.9 Å². The Balaban J connectivity index is 1.80. The van der Waals surface area contributed by atoms with Gasteiger partial charge in [0.05, 0.1) is 47.1 Å². The number of nitrogens with one attached hydrogen (secondary N) is 1. The molecule has 1 amide bonds. The van der Waals surface area contributed by atoms with Crippen molar-refractivity contribution < 1.29 is 22.7 Å². The summed E-state index contributed by atoms with van der Waals surface area (Å²) in [5.41, 5.74) is 3.34. The molecule has 0 radical (unpaired) electrons. The van der Waals surface area contributed by atoms with Gasteiger partial charge in [-0.1, -0.05) is 32.0 Å². The van der Waals surface area contributed by atoms with Gasteiger partial charge in [0, 0.05) is 26.9 Å². The van der Waals surface area contributed by atoms with Crippen molar-refractivity contribution >= 4 is 28.7 Å². The number of carbonyl (C=O) groups excluding carboxylic acids is 1. The minimum atomic E-state index is -4.58. The third kappa shape index (κ3) is 6.17. The lowest BCUT2D eigenvalue weighted by Crippen LogP contribution is -2.25. The summed E-state index contributed by atoms with van der Waals surface area (Å²) in [7, 11) is 3.23. The third-order valence-electron chi connectivity index (χ3n) is 5.97. The molecule has 1 aliphatic heterocycles. The van der Waals surface area contributed by atoms with Crippen LogP contribution in [0.5, 0.6) is 0 Å². The summed E-state index contributed by atoms with van der Waals surface area (Å²) in [6, 6.07) is 13.8. The van der Waals surface area contributed by atoms with Crippen LogP contribution in [0.4, 0.5) is 30.2 Å². The molecule has 0 saturated heterocycles. The highest BCUT2D eigenvalue weighted by molar-refractivity contribution is 6.17. The van der Waals surface area contributed by atoms with Crippen molar-refractivity contribution in [3.63, 3.8) is 0 Å². The van der Waals surface area contributed by atoms with E-state index in [4.69, 9.17) is 9.73 Å². The molecule has 1 N–H and O–H groups in total. The molecular formula is C28H29F3N4O2. The lowest BCUT2D eigenvalue weighted by molar-refractivity contribution is -0.137. The first-order valence-corrected chi connectivity index (χ1v) is 11.9. The molecule has 0 spiro atoms. The number of hydrogen-bond donors (Lipinski definition) is 1. The predicted molar refractivity (Wildman–Crippen MR) is 139 cm³/mol. The van der Waals surface area contributed by atoms with Gasteiger partial charge in [0.15, 0.2) is 0 Å². The highest BCUT2D eigenvalue weighted by Crippen LogP contribution is 2.43. The topological polar surface area (TPSA) is 66.8 Å². The largest absolute Gasteiger partial charge is 0.418 e. The molecule has 1 aromatic heterocycles. The van der Waals surface area contributed by atoms with Gasteiger partial charge in [-0.25, -0.2) is 0 Å². The molecular weight excluding hydrogens is 481 g/mol. The van der Waals surface area contributed by atoms with Crippen LogP contribution in [0.25, 0.3) is 11.1 Å². The van der Waals surface area contributed by atoms with Crippen LogP contribution >= 0.6 is 0 Å². The monoisotopic (exact) mass is 510 g/mol. The van der Waals surface area contributed by atoms with Gasteiger partial charge in [-0.15, -0.1) is 0 Å². The Kier molecular flexibility index (Phi) is 7.63. The Morgan fingerprint density at radius 2 is 1.81 bits per heavy atom. The molecule has 0 atom stereocenters. The van der Waals surface area contributed by atoms with E-state index in [1.807, 2.05) is 50.2 Å². The normalized spacial score (nSPS) is 13.6. The maximum Gasteiger partial charge on any atom is 0.418 e. The number of pyridine rings is 1. The van der Waals surface area contributed by atoms with Crippen molar-refractivity contribution in [1.29, 1.82) is 0 Å². The molecule has 1 aliphatic rings. The Hall–Kier alpha value is -3.72. The van der Waals surface area contributed by atoms with Crippen molar-refractivity contribution in [2.75, 3.05) is 30.9 Å². The van der Waals surface area contributed by atoms with Crippen molar-refractivity contribution in [2.45, 2.75) is 33.1 Å². The second-order valence-corrected chi connectivity index (χ2v) is 9.49. The van der Waals surface area contributed by atoms with Gasteiger partial charge in [0.2, 0.25) is 5.91 Å². The first-order valence-electron chi connectivity index (χ1n) is 11.9. The summed E-state index contributed by atoms with van der Waals surface area (Å²) in [5, 5.41) is 2.62. The van der Waals surface area contributed by atoms with Gasteiger partial charge in [-0.3, -0.25) is 14.8 Å². The van der Waals surface area contributed by atoms with Gasteiger partial charge < -0.3 is 15.0 Å². The number of fused-ring (bicyclic) bond motifs is 1. The maximum absolute atomic E-state index is 14.0. The number of aromatic nitrogens is 1. The average molecular weight is 511 g/mol. The summed E-state index contributed by atoms with van der Waals surface area (Å²) >= 11 is 0. The number of hydrogen-bond acceptors (Lipinski definition) is 5. The SMILES string of the molecule is COCc1cc(-c2cccc(C3=Nc4cc(N(C)CC(C)C)c(C(F)(F)F)cc4NC(=O)C3)c2)ccn1. The van der Waals surface area contributed by atoms with Gasteiger partial charge in [0.1, 0.15) is 0 Å². The summed E-state index contributed by atoms with van der Waals surface area (Å²) in [6.07, 6.45) is -2.95. The first kappa shape index (κ1) is 26.3. The molecule has 4 rings (SSSR count). The standard InChI is InChI=1S/C28H29F3N4O2/c1-17(2)15-35(3)26-13-25-24(12-22(26)28(29,30)31)34-27(36)14-23(33-25)20-7-5-6-18(10-20)19-8-9-32-21(11-19)16-37-4/h5-13,17H,14-16H2,1-4H3,(H,34,36). The van der Waals surface area contributed by atoms with Gasteiger partial charge in [-0.05, 0) is 52.9 Å². The zero-order valence-corrected chi connectivity index (χ0v) is 21.2. The molecule has 0 bridgehead atoms. The fraction of sp³-hybridized carbons (Fsp3) is 0.321. The van der Waals surface area contributed by atoms with Crippen LogP contribution < -0.4 is 10.2 Å². The average Bonchev–Trinajstić information content (AvgIpc) is 3.00. The first-order chi connectivity index (χ1) is 17.5. The van der Waals surface area contributed by atoms with Gasteiger partial charge in [-0.2, -0.15) is 13.2 Å². The van der Waals surface area contributed by atoms with Crippen molar-refractivity contribution in [2.24, 2.45) is 10.9 Å².